The van der Waals surface area contributed by atoms with Gasteiger partial charge in [-0.15, -0.1) is 0 Å². The van der Waals surface area contributed by atoms with E-state index in [9.17, 15) is 4.79 Å². The quantitative estimate of drug-likeness (QED) is 0.194. The third-order valence-corrected chi connectivity index (χ3v) is 7.57. The molecule has 0 fully saturated rings. The number of likely N-dealkylation sites (N-methyl/N-ethyl adjacent to an activating group) is 1. The Kier molecular flexibility index (Phi) is 7.02. The molecule has 0 aliphatic carbocycles. The molecule has 5 aromatic rings. The maximum absolute atomic E-state index is 13.6. The highest BCUT2D eigenvalue weighted by molar-refractivity contribution is 7.80. The SMILES string of the molecule is CN1C(=O)C(NC(=S)Nc2ccccc2-c2cc3ccccc3[nH]2)N=C(c2ccccc2Cl)c2cc(Cl)ccc21. The van der Waals surface area contributed by atoms with Crippen LogP contribution in [-0.4, -0.2) is 34.9 Å². The van der Waals surface area contributed by atoms with Gasteiger partial charge in [-0.3, -0.25) is 4.79 Å². The number of rotatable bonds is 4. The number of halogens is 2. The molecule has 0 saturated heterocycles. The van der Waals surface area contributed by atoms with Gasteiger partial charge in [0.05, 0.1) is 11.4 Å². The van der Waals surface area contributed by atoms with E-state index in [1.54, 1.807) is 36.2 Å². The number of anilines is 2. The van der Waals surface area contributed by atoms with E-state index in [-0.39, 0.29) is 11.0 Å². The molecule has 1 amide bonds. The van der Waals surface area contributed by atoms with E-state index in [2.05, 4.69) is 27.8 Å². The molecule has 1 aliphatic rings. The average Bonchev–Trinajstić information content (AvgIpc) is 3.36. The lowest BCUT2D eigenvalue weighted by Gasteiger charge is -2.22. The molecule has 0 saturated carbocycles. The molecule has 0 bridgehead atoms. The number of amides is 1. The molecule has 9 heteroatoms. The van der Waals surface area contributed by atoms with Gasteiger partial charge in [0.15, 0.2) is 5.11 Å². The molecule has 198 valence electrons. The summed E-state index contributed by atoms with van der Waals surface area (Å²) >= 11 is 18.6. The first kappa shape index (κ1) is 26.1. The number of thiocarbonyl (C=S) groups is 1. The third kappa shape index (κ3) is 4.95. The summed E-state index contributed by atoms with van der Waals surface area (Å²) in [5.74, 6) is -0.279. The fraction of sp³-hybridized carbons (Fsp3) is 0.0645. The predicted molar refractivity (Wildman–Crippen MR) is 169 cm³/mol. The van der Waals surface area contributed by atoms with Crippen LogP contribution in [0.15, 0.2) is 102 Å². The molecule has 1 atom stereocenters. The van der Waals surface area contributed by atoms with Crippen molar-refractivity contribution >= 4 is 74.4 Å². The number of aromatic nitrogens is 1. The van der Waals surface area contributed by atoms with Crippen molar-refractivity contribution in [3.8, 4) is 11.3 Å². The van der Waals surface area contributed by atoms with Gasteiger partial charge in [0, 0.05) is 56.1 Å². The minimum absolute atomic E-state index is 0.251. The number of carbonyl (C=O) groups is 1. The lowest BCUT2D eigenvalue weighted by atomic mass is 10.00. The monoisotopic (exact) mass is 583 g/mol. The van der Waals surface area contributed by atoms with Crippen molar-refractivity contribution in [2.24, 2.45) is 4.99 Å². The number of benzodiazepines with no additional fused rings is 1. The van der Waals surface area contributed by atoms with E-state index in [0.29, 0.717) is 32.6 Å². The Bertz CT molecular complexity index is 1780. The number of nitrogens with zero attached hydrogens (tertiary/aromatic N) is 2. The number of hydrogen-bond donors (Lipinski definition) is 3. The van der Waals surface area contributed by atoms with E-state index >= 15 is 0 Å². The van der Waals surface area contributed by atoms with Crippen molar-refractivity contribution < 1.29 is 4.79 Å². The molecule has 0 spiro atoms. The summed E-state index contributed by atoms with van der Waals surface area (Å²) in [6, 6.07) is 30.7. The van der Waals surface area contributed by atoms with Gasteiger partial charge in [-0.25, -0.2) is 4.99 Å². The molecule has 4 aromatic carbocycles. The topological polar surface area (TPSA) is 72.5 Å². The second-order valence-electron chi connectivity index (χ2n) is 9.33. The fourth-order valence-electron chi connectivity index (χ4n) is 4.84. The number of hydrogen-bond acceptors (Lipinski definition) is 3. The first-order chi connectivity index (χ1) is 19.4. The number of nitrogens with one attached hydrogen (secondary N) is 3. The number of benzene rings is 4. The van der Waals surface area contributed by atoms with Crippen molar-refractivity contribution in [2.75, 3.05) is 17.3 Å². The zero-order chi connectivity index (χ0) is 27.8. The Hall–Kier alpha value is -4.17. The molecule has 3 N–H and O–H groups in total. The van der Waals surface area contributed by atoms with Crippen molar-refractivity contribution in [1.82, 2.24) is 10.3 Å². The summed E-state index contributed by atoms with van der Waals surface area (Å²) in [5, 5.41) is 8.78. The molecule has 6 nitrogen and oxygen atoms in total. The fourth-order valence-corrected chi connectivity index (χ4v) is 5.46. The van der Waals surface area contributed by atoms with Crippen molar-refractivity contribution in [1.29, 1.82) is 0 Å². The van der Waals surface area contributed by atoms with Crippen molar-refractivity contribution in [3.05, 3.63) is 118 Å². The number of aromatic amines is 1. The maximum Gasteiger partial charge on any atom is 0.272 e. The number of aliphatic imine (C=N–C) groups is 1. The lowest BCUT2D eigenvalue weighted by Crippen LogP contribution is -2.47. The highest BCUT2D eigenvalue weighted by Gasteiger charge is 2.31. The van der Waals surface area contributed by atoms with E-state index < -0.39 is 6.17 Å². The van der Waals surface area contributed by atoms with Crippen molar-refractivity contribution in [3.63, 3.8) is 0 Å². The van der Waals surface area contributed by atoms with Gasteiger partial charge >= 0.3 is 0 Å². The maximum atomic E-state index is 13.6. The summed E-state index contributed by atoms with van der Waals surface area (Å²) in [7, 11) is 1.70. The van der Waals surface area contributed by atoms with Crippen LogP contribution in [0.5, 0.6) is 0 Å². The minimum Gasteiger partial charge on any atom is -0.354 e. The largest absolute Gasteiger partial charge is 0.354 e. The van der Waals surface area contributed by atoms with E-state index in [4.69, 9.17) is 40.4 Å². The molecule has 1 unspecified atom stereocenters. The van der Waals surface area contributed by atoms with E-state index in [1.807, 2.05) is 60.7 Å². The average molecular weight is 585 g/mol. The van der Waals surface area contributed by atoms with Gasteiger partial charge in [0.2, 0.25) is 6.17 Å². The van der Waals surface area contributed by atoms with Gasteiger partial charge in [0.1, 0.15) is 0 Å². The highest BCUT2D eigenvalue weighted by Crippen LogP contribution is 2.33. The minimum atomic E-state index is -1.01. The highest BCUT2D eigenvalue weighted by atomic mass is 35.5. The third-order valence-electron chi connectivity index (χ3n) is 6.79. The summed E-state index contributed by atoms with van der Waals surface area (Å²) in [4.78, 5) is 23.5. The second kappa shape index (κ2) is 10.8. The standard InChI is InChI=1S/C31H23Cl2N5OS/c1-38-27-15-14-19(32)17-22(27)28(20-9-3-5-11-23(20)33)36-29(30(38)39)37-31(40)35-25-13-7-4-10-21(25)26-16-18-8-2-6-12-24(18)34-26/h2-17,29,34H,1H3,(H2,35,37,40). The first-order valence-corrected chi connectivity index (χ1v) is 13.7. The first-order valence-electron chi connectivity index (χ1n) is 12.5. The second-order valence-corrected chi connectivity index (χ2v) is 10.6. The molecule has 6 rings (SSSR count). The van der Waals surface area contributed by atoms with Gasteiger partial charge in [0.25, 0.3) is 5.91 Å². The van der Waals surface area contributed by atoms with Crippen molar-refractivity contribution in [2.45, 2.75) is 6.17 Å². The predicted octanol–water partition coefficient (Wildman–Crippen LogP) is 7.27. The number of fused-ring (bicyclic) bond motifs is 2. The lowest BCUT2D eigenvalue weighted by molar-refractivity contribution is -0.119. The zero-order valence-corrected chi connectivity index (χ0v) is 23.6. The molecular weight excluding hydrogens is 561 g/mol. The van der Waals surface area contributed by atoms with Gasteiger partial charge in [-0.2, -0.15) is 0 Å². The number of carbonyl (C=O) groups excluding carboxylic acids is 1. The van der Waals surface area contributed by atoms with Gasteiger partial charge in [-0.1, -0.05) is 77.8 Å². The van der Waals surface area contributed by atoms with Crippen LogP contribution >= 0.6 is 35.4 Å². The Morgan fingerprint density at radius 1 is 0.900 bits per heavy atom. The molecular formula is C31H23Cl2N5OS. The molecule has 1 aliphatic heterocycles. The Morgan fingerprint density at radius 2 is 1.62 bits per heavy atom. The summed E-state index contributed by atoms with van der Waals surface area (Å²) < 4.78 is 0. The molecule has 0 radical (unpaired) electrons. The summed E-state index contributed by atoms with van der Waals surface area (Å²) in [6.07, 6.45) is -1.01. The van der Waals surface area contributed by atoms with Gasteiger partial charge in [-0.05, 0) is 54.7 Å². The zero-order valence-electron chi connectivity index (χ0n) is 21.3. The van der Waals surface area contributed by atoms with Crippen LogP contribution in [-0.2, 0) is 4.79 Å². The van der Waals surface area contributed by atoms with Crippen LogP contribution in [0.25, 0.3) is 22.2 Å². The van der Waals surface area contributed by atoms with Crippen LogP contribution in [0.3, 0.4) is 0 Å². The normalized spacial score (nSPS) is 14.9. The summed E-state index contributed by atoms with van der Waals surface area (Å²) in [6.45, 7) is 0. The molecule has 2 heterocycles. The van der Waals surface area contributed by atoms with Crippen LogP contribution < -0.4 is 15.5 Å². The number of para-hydroxylation sites is 2. The van der Waals surface area contributed by atoms with Crippen LogP contribution in [0.4, 0.5) is 11.4 Å². The number of H-pyrrole nitrogens is 1. The van der Waals surface area contributed by atoms with Crippen LogP contribution in [0.1, 0.15) is 11.1 Å². The van der Waals surface area contributed by atoms with Crippen LogP contribution in [0.2, 0.25) is 10.0 Å². The molecule has 40 heavy (non-hydrogen) atoms. The Balaban J connectivity index is 1.34. The Morgan fingerprint density at radius 3 is 2.42 bits per heavy atom. The van der Waals surface area contributed by atoms with E-state index in [0.717, 1.165) is 27.8 Å². The van der Waals surface area contributed by atoms with Gasteiger partial charge < -0.3 is 20.5 Å². The Labute approximate surface area is 246 Å². The summed E-state index contributed by atoms with van der Waals surface area (Å²) in [5.41, 5.74) is 6.31. The van der Waals surface area contributed by atoms with E-state index in [1.165, 1.54) is 0 Å². The molecule has 1 aromatic heterocycles. The van der Waals surface area contributed by atoms with Crippen LogP contribution in [0, 0.1) is 0 Å². The smallest absolute Gasteiger partial charge is 0.272 e.